The standard InChI is InChI=1S/C34H46BrF3N4O8S/c1-22-18-27-26(28(35)19-22)20-29(41-12-13-42(23(2)21-41)32(44)50-33(3,4)5)30(27)49-24-6-8-25(9-7-24)51(45,46)40-11-15-48-17-16-47-14-10-39-31(43)34(36,37)38/h6-9,18-19,23,29-30,40H,10-17,20-21H2,1-5H3,(H,39,43)/t23-,29+,30+/m1/s1. The molecule has 284 valence electrons. The Morgan fingerprint density at radius 1 is 0.980 bits per heavy atom. The average Bonchev–Trinajstić information content (AvgIpc) is 3.38. The first-order chi connectivity index (χ1) is 23.9. The van der Waals surface area contributed by atoms with Crippen LogP contribution in [-0.4, -0.2) is 113 Å². The molecule has 2 aromatic rings. The summed E-state index contributed by atoms with van der Waals surface area (Å²) in [6, 6.07) is 10.3. The molecular formula is C34H46BrF3N4O8S. The van der Waals surface area contributed by atoms with Crippen molar-refractivity contribution in [3.05, 3.63) is 57.6 Å². The molecule has 0 spiro atoms. The molecule has 1 heterocycles. The van der Waals surface area contributed by atoms with Gasteiger partial charge >= 0.3 is 18.2 Å². The first-order valence-corrected chi connectivity index (χ1v) is 18.9. The molecule has 12 nitrogen and oxygen atoms in total. The third kappa shape index (κ3) is 11.5. The highest BCUT2D eigenvalue weighted by Crippen LogP contribution is 2.42. The molecule has 2 N–H and O–H groups in total. The number of hydrogen-bond acceptors (Lipinski definition) is 9. The lowest BCUT2D eigenvalue weighted by atomic mass is 10.0. The fraction of sp³-hybridized carbons (Fsp3) is 0.588. The number of nitrogens with one attached hydrogen (secondary N) is 2. The minimum atomic E-state index is -4.95. The van der Waals surface area contributed by atoms with Crippen LogP contribution in [0, 0.1) is 6.92 Å². The van der Waals surface area contributed by atoms with Crippen molar-refractivity contribution in [3.8, 4) is 5.75 Å². The van der Waals surface area contributed by atoms with E-state index in [0.29, 0.717) is 25.4 Å². The Morgan fingerprint density at radius 2 is 1.63 bits per heavy atom. The van der Waals surface area contributed by atoms with Gasteiger partial charge in [0.1, 0.15) is 17.5 Å². The number of amides is 2. The molecule has 1 saturated heterocycles. The van der Waals surface area contributed by atoms with Gasteiger partial charge in [-0.15, -0.1) is 0 Å². The van der Waals surface area contributed by atoms with Crippen molar-refractivity contribution < 1.29 is 50.1 Å². The van der Waals surface area contributed by atoms with Gasteiger partial charge in [0, 0.05) is 43.2 Å². The highest BCUT2D eigenvalue weighted by atomic mass is 79.9. The normalized spacial score (nSPS) is 19.9. The Balaban J connectivity index is 1.30. The van der Waals surface area contributed by atoms with Crippen molar-refractivity contribution >= 4 is 38.0 Å². The highest BCUT2D eigenvalue weighted by Gasteiger charge is 2.42. The second-order valence-corrected chi connectivity index (χ2v) is 16.1. The molecule has 17 heteroatoms. The summed E-state index contributed by atoms with van der Waals surface area (Å²) >= 11 is 3.74. The van der Waals surface area contributed by atoms with E-state index in [1.54, 1.807) is 22.3 Å². The first-order valence-electron chi connectivity index (χ1n) is 16.6. The van der Waals surface area contributed by atoms with Gasteiger partial charge in [0.15, 0.2) is 0 Å². The van der Waals surface area contributed by atoms with Gasteiger partial charge in [-0.3, -0.25) is 9.69 Å². The van der Waals surface area contributed by atoms with Crippen LogP contribution in [-0.2, 0) is 35.4 Å². The van der Waals surface area contributed by atoms with E-state index in [0.717, 1.165) is 27.6 Å². The maximum atomic E-state index is 12.9. The number of benzene rings is 2. The number of rotatable bonds is 14. The number of nitrogens with zero attached hydrogens (tertiary/aromatic N) is 2. The number of aryl methyl sites for hydroxylation is 1. The fourth-order valence-corrected chi connectivity index (χ4v) is 7.73. The zero-order chi connectivity index (χ0) is 37.6. The monoisotopic (exact) mass is 806 g/mol. The van der Waals surface area contributed by atoms with E-state index in [1.807, 2.05) is 34.6 Å². The smallest absolute Gasteiger partial charge is 0.471 e. The Bertz CT molecular complexity index is 1620. The average molecular weight is 808 g/mol. The van der Waals surface area contributed by atoms with Crippen molar-refractivity contribution in [2.75, 3.05) is 59.2 Å². The second kappa shape index (κ2) is 17.2. The molecule has 51 heavy (non-hydrogen) atoms. The van der Waals surface area contributed by atoms with Crippen LogP contribution in [0.15, 0.2) is 45.8 Å². The predicted octanol–water partition coefficient (Wildman–Crippen LogP) is 4.73. The molecule has 0 unspecified atom stereocenters. The molecule has 2 amide bonds. The number of hydrogen-bond donors (Lipinski definition) is 2. The molecule has 4 rings (SSSR count). The van der Waals surface area contributed by atoms with E-state index in [1.165, 1.54) is 12.1 Å². The highest BCUT2D eigenvalue weighted by molar-refractivity contribution is 9.10. The minimum Gasteiger partial charge on any atom is -0.484 e. The molecule has 1 aliphatic carbocycles. The van der Waals surface area contributed by atoms with E-state index >= 15 is 0 Å². The number of sulfonamides is 1. The van der Waals surface area contributed by atoms with E-state index in [9.17, 15) is 31.2 Å². The Morgan fingerprint density at radius 3 is 2.24 bits per heavy atom. The van der Waals surface area contributed by atoms with Gasteiger partial charge in [-0.25, -0.2) is 17.9 Å². The number of alkyl halides is 3. The van der Waals surface area contributed by atoms with Gasteiger partial charge in [0.25, 0.3) is 0 Å². The lowest BCUT2D eigenvalue weighted by molar-refractivity contribution is -0.173. The van der Waals surface area contributed by atoms with Crippen molar-refractivity contribution in [2.45, 2.75) is 75.9 Å². The number of piperazine rings is 1. The molecule has 2 aromatic carbocycles. The maximum Gasteiger partial charge on any atom is 0.471 e. The number of ether oxygens (including phenoxy) is 4. The maximum absolute atomic E-state index is 12.9. The Kier molecular flexibility index (Phi) is 13.8. The van der Waals surface area contributed by atoms with Crippen LogP contribution in [0.2, 0.25) is 0 Å². The molecular weight excluding hydrogens is 761 g/mol. The van der Waals surface area contributed by atoms with Crippen LogP contribution in [0.25, 0.3) is 0 Å². The first kappa shape index (κ1) is 40.8. The van der Waals surface area contributed by atoms with Crippen LogP contribution in [0.1, 0.15) is 50.5 Å². The summed E-state index contributed by atoms with van der Waals surface area (Å²) in [6.07, 6.45) is -4.87. The molecule has 0 radical (unpaired) electrons. The van der Waals surface area contributed by atoms with Gasteiger partial charge in [0.05, 0.1) is 37.4 Å². The van der Waals surface area contributed by atoms with Gasteiger partial charge in [-0.05, 0) is 88.1 Å². The van der Waals surface area contributed by atoms with Gasteiger partial charge in [0.2, 0.25) is 10.0 Å². The van der Waals surface area contributed by atoms with Crippen LogP contribution in [0.5, 0.6) is 5.75 Å². The van der Waals surface area contributed by atoms with Crippen LogP contribution >= 0.6 is 15.9 Å². The summed E-state index contributed by atoms with van der Waals surface area (Å²) in [6.45, 7) is 11.1. The van der Waals surface area contributed by atoms with Crippen molar-refractivity contribution in [1.29, 1.82) is 0 Å². The summed E-state index contributed by atoms with van der Waals surface area (Å²) in [5.41, 5.74) is 2.71. The SMILES string of the molecule is Cc1cc(Br)c2c(c1)[C@H](Oc1ccc(S(=O)(=O)NCCOCCOCCNC(=O)C(F)(F)F)cc1)[C@@H](N1CCN(C(=O)OC(C)(C)C)[C@H](C)C1)C2. The number of carbonyl (C=O) groups excluding carboxylic acids is 2. The van der Waals surface area contributed by atoms with E-state index in [4.69, 9.17) is 18.9 Å². The molecule has 0 saturated carbocycles. The fourth-order valence-electron chi connectivity index (χ4n) is 5.97. The van der Waals surface area contributed by atoms with Gasteiger partial charge < -0.3 is 29.2 Å². The molecule has 1 aliphatic heterocycles. The molecule has 0 aromatic heterocycles. The second-order valence-electron chi connectivity index (χ2n) is 13.5. The zero-order valence-corrected chi connectivity index (χ0v) is 31.8. The predicted molar refractivity (Wildman–Crippen MR) is 186 cm³/mol. The van der Waals surface area contributed by atoms with Crippen molar-refractivity contribution in [2.24, 2.45) is 0 Å². The lowest BCUT2D eigenvalue weighted by Gasteiger charge is -2.43. The molecule has 0 bridgehead atoms. The van der Waals surface area contributed by atoms with E-state index < -0.39 is 27.7 Å². The van der Waals surface area contributed by atoms with Crippen molar-refractivity contribution in [3.63, 3.8) is 0 Å². The lowest BCUT2D eigenvalue weighted by Crippen LogP contribution is -2.58. The molecule has 2 aliphatic rings. The van der Waals surface area contributed by atoms with Crippen LogP contribution in [0.3, 0.4) is 0 Å². The van der Waals surface area contributed by atoms with Gasteiger partial charge in [-0.2, -0.15) is 13.2 Å². The van der Waals surface area contributed by atoms with Crippen molar-refractivity contribution in [1.82, 2.24) is 19.8 Å². The summed E-state index contributed by atoms with van der Waals surface area (Å²) in [5.74, 6) is -1.52. The summed E-state index contributed by atoms with van der Waals surface area (Å²) < 4.78 is 88.4. The van der Waals surface area contributed by atoms with E-state index in [-0.39, 0.29) is 68.7 Å². The number of carbonyl (C=O) groups is 2. The largest absolute Gasteiger partial charge is 0.484 e. The summed E-state index contributed by atoms with van der Waals surface area (Å²) in [5, 5.41) is 1.69. The number of fused-ring (bicyclic) bond motifs is 1. The third-order valence-corrected chi connectivity index (χ3v) is 10.5. The molecule has 3 atom stereocenters. The third-order valence-electron chi connectivity index (χ3n) is 8.30. The van der Waals surface area contributed by atoms with Crippen LogP contribution < -0.4 is 14.8 Å². The zero-order valence-electron chi connectivity index (χ0n) is 29.3. The number of halogens is 4. The van der Waals surface area contributed by atoms with E-state index in [2.05, 4.69) is 37.7 Å². The Labute approximate surface area is 305 Å². The Hall–Kier alpha value is -2.96. The van der Waals surface area contributed by atoms with Gasteiger partial charge in [-0.1, -0.05) is 22.0 Å². The molecule has 1 fully saturated rings. The summed E-state index contributed by atoms with van der Waals surface area (Å²) in [7, 11) is -3.85. The topological polar surface area (TPSA) is 136 Å². The quantitative estimate of drug-likeness (QED) is 0.260. The summed E-state index contributed by atoms with van der Waals surface area (Å²) in [4.78, 5) is 27.8. The minimum absolute atomic E-state index is 0.0173. The van der Waals surface area contributed by atoms with Crippen LogP contribution in [0.4, 0.5) is 18.0 Å².